The van der Waals surface area contributed by atoms with Gasteiger partial charge < -0.3 is 25.3 Å². The minimum atomic E-state index is -0.514. The second-order valence-corrected chi connectivity index (χ2v) is 7.57. The number of aromatic nitrogens is 3. The minimum absolute atomic E-state index is 0. The molecule has 0 aliphatic rings. The topological polar surface area (TPSA) is 105 Å². The third-order valence-corrected chi connectivity index (χ3v) is 3.83. The molecule has 0 bridgehead atoms. The number of ether oxygens (including phenoxy) is 1. The van der Waals surface area contributed by atoms with E-state index in [9.17, 15) is 4.79 Å². The molecule has 1 amide bonds. The Morgan fingerprint density at radius 3 is 2.59 bits per heavy atom. The van der Waals surface area contributed by atoms with Gasteiger partial charge in [-0.15, -0.1) is 34.2 Å². The number of aryl methyl sites for hydroxylation is 1. The predicted molar refractivity (Wildman–Crippen MR) is 127 cm³/mol. The summed E-state index contributed by atoms with van der Waals surface area (Å²) in [5.41, 5.74) is -0.514. The summed E-state index contributed by atoms with van der Waals surface area (Å²) in [6.07, 6.45) is 3.98. The number of hydrogen-bond donors (Lipinski definition) is 3. The van der Waals surface area contributed by atoms with Gasteiger partial charge in [-0.25, -0.2) is 4.79 Å². The van der Waals surface area contributed by atoms with Gasteiger partial charge in [-0.3, -0.25) is 4.99 Å². The van der Waals surface area contributed by atoms with Crippen molar-refractivity contribution in [2.24, 2.45) is 4.99 Å². The maximum absolute atomic E-state index is 12.1. The molecule has 0 aliphatic carbocycles. The van der Waals surface area contributed by atoms with E-state index in [1.54, 1.807) is 6.33 Å². The van der Waals surface area contributed by atoms with Gasteiger partial charge in [0.1, 0.15) is 17.8 Å². The molecule has 168 valence electrons. The first-order chi connectivity index (χ1) is 13.3. The van der Waals surface area contributed by atoms with Crippen LogP contribution in [0.3, 0.4) is 0 Å². The summed E-state index contributed by atoms with van der Waals surface area (Å²) in [4.78, 5) is 16.7. The van der Waals surface area contributed by atoms with Crippen LogP contribution in [0, 0.1) is 0 Å². The van der Waals surface area contributed by atoms with E-state index in [1.165, 1.54) is 0 Å². The van der Waals surface area contributed by atoms with Gasteiger partial charge in [-0.1, -0.05) is 20.3 Å². The lowest BCUT2D eigenvalue weighted by molar-refractivity contribution is 0.0503. The van der Waals surface area contributed by atoms with Crippen LogP contribution in [0.1, 0.15) is 60.2 Å². The van der Waals surface area contributed by atoms with Crippen LogP contribution in [0.5, 0.6) is 0 Å². The van der Waals surface area contributed by atoms with Gasteiger partial charge in [0, 0.05) is 26.1 Å². The molecular formula is C19H38IN7O2. The third kappa shape index (κ3) is 11.9. The van der Waals surface area contributed by atoms with E-state index < -0.39 is 11.7 Å². The standard InChI is InChI=1S/C19H37N7O2.HI/c1-7-10-15(24-18(27)28-19(4,5)6)13-22-17(20-9-3)21-11-12-26-14-23-25-16(26)8-2;/h14-15H,7-13H2,1-6H3,(H,24,27)(H2,20,21,22);1H. The molecule has 1 aromatic heterocycles. The molecule has 0 spiro atoms. The summed E-state index contributed by atoms with van der Waals surface area (Å²) < 4.78 is 7.38. The van der Waals surface area contributed by atoms with E-state index in [0.29, 0.717) is 13.1 Å². The SMILES string of the molecule is CCCC(CN=C(NCC)NCCn1cnnc1CC)NC(=O)OC(C)(C)C.I. The van der Waals surface area contributed by atoms with Crippen LogP contribution >= 0.6 is 24.0 Å². The van der Waals surface area contributed by atoms with E-state index in [0.717, 1.165) is 44.1 Å². The first-order valence-electron chi connectivity index (χ1n) is 10.2. The van der Waals surface area contributed by atoms with Gasteiger partial charge in [0.2, 0.25) is 0 Å². The molecular weight excluding hydrogens is 485 g/mol. The van der Waals surface area contributed by atoms with Crippen molar-refractivity contribution in [2.75, 3.05) is 19.6 Å². The highest BCUT2D eigenvalue weighted by atomic mass is 127. The number of carbonyl (C=O) groups excluding carboxylic acids is 1. The van der Waals surface area contributed by atoms with Crippen LogP contribution in [0.15, 0.2) is 11.3 Å². The highest BCUT2D eigenvalue weighted by Crippen LogP contribution is 2.07. The number of nitrogens with zero attached hydrogens (tertiary/aromatic N) is 4. The number of nitrogens with one attached hydrogen (secondary N) is 3. The van der Waals surface area contributed by atoms with Crippen molar-refractivity contribution >= 4 is 36.0 Å². The molecule has 29 heavy (non-hydrogen) atoms. The van der Waals surface area contributed by atoms with Crippen LogP contribution in [0.25, 0.3) is 0 Å². The van der Waals surface area contributed by atoms with E-state index in [1.807, 2.05) is 32.3 Å². The molecule has 1 unspecified atom stereocenters. The summed E-state index contributed by atoms with van der Waals surface area (Å²) in [7, 11) is 0. The first-order valence-corrected chi connectivity index (χ1v) is 10.2. The molecule has 1 rings (SSSR count). The predicted octanol–water partition coefficient (Wildman–Crippen LogP) is 2.71. The number of carbonyl (C=O) groups is 1. The third-order valence-electron chi connectivity index (χ3n) is 3.83. The molecule has 0 saturated heterocycles. The zero-order valence-electron chi connectivity index (χ0n) is 18.6. The summed E-state index contributed by atoms with van der Waals surface area (Å²) >= 11 is 0. The number of amides is 1. The summed E-state index contributed by atoms with van der Waals surface area (Å²) in [6.45, 7) is 14.4. The lowest BCUT2D eigenvalue weighted by atomic mass is 10.1. The number of aliphatic imine (C=N–C) groups is 1. The van der Waals surface area contributed by atoms with E-state index >= 15 is 0 Å². The van der Waals surface area contributed by atoms with Crippen molar-refractivity contribution in [1.29, 1.82) is 0 Å². The van der Waals surface area contributed by atoms with E-state index in [-0.39, 0.29) is 30.0 Å². The summed E-state index contributed by atoms with van der Waals surface area (Å²) in [5, 5.41) is 17.5. The van der Waals surface area contributed by atoms with Crippen molar-refractivity contribution in [3.05, 3.63) is 12.2 Å². The van der Waals surface area contributed by atoms with Crippen molar-refractivity contribution in [3.63, 3.8) is 0 Å². The molecule has 10 heteroatoms. The number of rotatable bonds is 10. The molecule has 0 aliphatic heterocycles. The number of alkyl carbamates (subject to hydrolysis) is 1. The Hall–Kier alpha value is -1.59. The van der Waals surface area contributed by atoms with Crippen LogP contribution in [0.4, 0.5) is 4.79 Å². The fraction of sp³-hybridized carbons (Fsp3) is 0.789. The fourth-order valence-electron chi connectivity index (χ4n) is 2.61. The van der Waals surface area contributed by atoms with Gasteiger partial charge in [0.15, 0.2) is 5.96 Å². The van der Waals surface area contributed by atoms with Gasteiger partial charge in [0.05, 0.1) is 12.6 Å². The second-order valence-electron chi connectivity index (χ2n) is 7.57. The van der Waals surface area contributed by atoms with Crippen molar-refractivity contribution in [3.8, 4) is 0 Å². The van der Waals surface area contributed by atoms with E-state index in [2.05, 4.69) is 45.0 Å². The van der Waals surface area contributed by atoms with E-state index in [4.69, 9.17) is 4.74 Å². The highest BCUT2D eigenvalue weighted by Gasteiger charge is 2.19. The smallest absolute Gasteiger partial charge is 0.407 e. The molecule has 0 saturated carbocycles. The zero-order valence-corrected chi connectivity index (χ0v) is 20.9. The zero-order chi connectivity index (χ0) is 21.0. The van der Waals surface area contributed by atoms with Crippen LogP contribution < -0.4 is 16.0 Å². The lowest BCUT2D eigenvalue weighted by Gasteiger charge is -2.23. The first kappa shape index (κ1) is 27.4. The Kier molecular flexibility index (Phi) is 13.6. The quantitative estimate of drug-likeness (QED) is 0.248. The average molecular weight is 523 g/mol. The normalized spacial score (nSPS) is 12.7. The van der Waals surface area contributed by atoms with Crippen molar-refractivity contribution in [1.82, 2.24) is 30.7 Å². The molecule has 0 radical (unpaired) electrons. The monoisotopic (exact) mass is 523 g/mol. The maximum atomic E-state index is 12.1. The Balaban J connectivity index is 0.00000784. The molecule has 1 atom stereocenters. The Labute approximate surface area is 191 Å². The van der Waals surface area contributed by atoms with Gasteiger partial charge in [0.25, 0.3) is 0 Å². The number of guanidine groups is 1. The Bertz CT molecular complexity index is 614. The molecule has 9 nitrogen and oxygen atoms in total. The van der Waals surface area contributed by atoms with Crippen molar-refractivity contribution in [2.45, 2.75) is 79.0 Å². The minimum Gasteiger partial charge on any atom is -0.444 e. The van der Waals surface area contributed by atoms with Gasteiger partial charge >= 0.3 is 6.09 Å². The molecule has 1 heterocycles. The second kappa shape index (κ2) is 14.4. The molecule has 1 aromatic rings. The summed E-state index contributed by atoms with van der Waals surface area (Å²) in [5.74, 6) is 1.69. The average Bonchev–Trinajstić information content (AvgIpc) is 3.05. The number of halogens is 1. The van der Waals surface area contributed by atoms with Gasteiger partial charge in [-0.05, 0) is 34.1 Å². The fourth-order valence-corrected chi connectivity index (χ4v) is 2.61. The summed E-state index contributed by atoms with van der Waals surface area (Å²) in [6, 6.07) is -0.0696. The Morgan fingerprint density at radius 2 is 2.00 bits per heavy atom. The van der Waals surface area contributed by atoms with Crippen LogP contribution in [-0.2, 0) is 17.7 Å². The maximum Gasteiger partial charge on any atom is 0.407 e. The van der Waals surface area contributed by atoms with Crippen LogP contribution in [-0.4, -0.2) is 58.1 Å². The highest BCUT2D eigenvalue weighted by molar-refractivity contribution is 14.0. The Morgan fingerprint density at radius 1 is 1.28 bits per heavy atom. The lowest BCUT2D eigenvalue weighted by Crippen LogP contribution is -2.43. The largest absolute Gasteiger partial charge is 0.444 e. The number of hydrogen-bond acceptors (Lipinski definition) is 5. The molecule has 0 aromatic carbocycles. The molecule has 0 fully saturated rings. The van der Waals surface area contributed by atoms with Crippen molar-refractivity contribution < 1.29 is 9.53 Å². The van der Waals surface area contributed by atoms with Gasteiger partial charge in [-0.2, -0.15) is 0 Å². The van der Waals surface area contributed by atoms with Crippen LogP contribution in [0.2, 0.25) is 0 Å². The molecule has 3 N–H and O–H groups in total.